The van der Waals surface area contributed by atoms with Crippen molar-refractivity contribution in [1.82, 2.24) is 0 Å². The Hall–Kier alpha value is -2.54. The molecular formula is C19H19BrN2O4. The molecule has 0 radical (unpaired) electrons. The molecular weight excluding hydrogens is 400 g/mol. The molecule has 6 nitrogen and oxygen atoms in total. The number of halogens is 1. The van der Waals surface area contributed by atoms with Crippen LogP contribution in [0.25, 0.3) is 0 Å². The van der Waals surface area contributed by atoms with Crippen LogP contribution in [0.5, 0.6) is 11.5 Å². The number of ether oxygens (including phenoxy) is 2. The first-order chi connectivity index (χ1) is 12.5. The first-order valence-corrected chi connectivity index (χ1v) is 8.92. The van der Waals surface area contributed by atoms with Crippen molar-refractivity contribution in [2.45, 2.75) is 6.42 Å². The first kappa shape index (κ1) is 18.3. The van der Waals surface area contributed by atoms with E-state index in [1.54, 1.807) is 23.1 Å². The summed E-state index contributed by atoms with van der Waals surface area (Å²) in [5.74, 6) is -0.120. The molecule has 0 bridgehead atoms. The predicted molar refractivity (Wildman–Crippen MR) is 103 cm³/mol. The van der Waals surface area contributed by atoms with Crippen LogP contribution in [0.4, 0.5) is 11.4 Å². The molecule has 2 amide bonds. The van der Waals surface area contributed by atoms with Crippen molar-refractivity contribution in [2.24, 2.45) is 5.92 Å². The molecule has 1 N–H and O–H groups in total. The fraction of sp³-hybridized carbons (Fsp3) is 0.263. The lowest BCUT2D eigenvalue weighted by molar-refractivity contribution is -0.129. The molecule has 2 aromatic rings. The summed E-state index contributed by atoms with van der Waals surface area (Å²) < 4.78 is 11.3. The van der Waals surface area contributed by atoms with Gasteiger partial charge < -0.3 is 19.7 Å². The molecule has 3 rings (SSSR count). The van der Waals surface area contributed by atoms with E-state index in [1.165, 1.54) is 14.2 Å². The van der Waals surface area contributed by atoms with E-state index < -0.39 is 5.92 Å². The van der Waals surface area contributed by atoms with E-state index in [1.807, 2.05) is 24.3 Å². The normalized spacial score (nSPS) is 16.5. The van der Waals surface area contributed by atoms with Gasteiger partial charge in [-0.25, -0.2) is 0 Å². The average Bonchev–Trinajstić information content (AvgIpc) is 3.02. The predicted octanol–water partition coefficient (Wildman–Crippen LogP) is 3.46. The number of anilines is 2. The minimum Gasteiger partial charge on any atom is -0.497 e. The summed E-state index contributed by atoms with van der Waals surface area (Å²) in [6.07, 6.45) is 0.471. The molecule has 1 aliphatic rings. The number of nitrogens with zero attached hydrogens (tertiary/aromatic N) is 1. The zero-order chi connectivity index (χ0) is 18.7. The van der Waals surface area contributed by atoms with Crippen LogP contribution in [0.3, 0.4) is 0 Å². The van der Waals surface area contributed by atoms with Gasteiger partial charge in [0.2, 0.25) is 11.8 Å². The molecule has 0 spiro atoms. The molecule has 136 valence electrons. The zero-order valence-electron chi connectivity index (χ0n) is 14.5. The maximum Gasteiger partial charge on any atom is 0.239 e. The Morgan fingerprint density at radius 1 is 1.15 bits per heavy atom. The fourth-order valence-corrected chi connectivity index (χ4v) is 3.32. The largest absolute Gasteiger partial charge is 0.497 e. The van der Waals surface area contributed by atoms with Gasteiger partial charge in [-0.1, -0.05) is 22.0 Å². The van der Waals surface area contributed by atoms with Crippen LogP contribution in [0.2, 0.25) is 0 Å². The number of benzene rings is 2. The van der Waals surface area contributed by atoms with Crippen LogP contribution in [-0.2, 0) is 9.59 Å². The topological polar surface area (TPSA) is 67.9 Å². The lowest BCUT2D eigenvalue weighted by Crippen LogP contribution is -2.33. The summed E-state index contributed by atoms with van der Waals surface area (Å²) in [4.78, 5) is 27.0. The van der Waals surface area contributed by atoms with E-state index >= 15 is 0 Å². The maximum atomic E-state index is 12.7. The summed E-state index contributed by atoms with van der Waals surface area (Å²) in [7, 11) is 3.08. The highest BCUT2D eigenvalue weighted by Gasteiger charge is 2.37. The summed E-state index contributed by atoms with van der Waals surface area (Å²) in [5.41, 5.74) is 1.31. The van der Waals surface area contributed by atoms with Crippen LogP contribution in [-0.4, -0.2) is 32.6 Å². The average molecular weight is 419 g/mol. The second-order valence-electron chi connectivity index (χ2n) is 5.90. The number of rotatable bonds is 5. The molecule has 1 saturated heterocycles. The monoisotopic (exact) mass is 418 g/mol. The SMILES string of the molecule is COc1cc(NC(=O)C2CCN(c3cccc(Br)c3)C2=O)cc(OC)c1. The second-order valence-corrected chi connectivity index (χ2v) is 6.82. The van der Waals surface area contributed by atoms with Gasteiger partial charge in [0.05, 0.1) is 14.2 Å². The molecule has 0 aliphatic carbocycles. The standard InChI is InChI=1S/C19H19BrN2O4/c1-25-15-9-13(10-16(11-15)26-2)21-18(23)17-6-7-22(19(17)24)14-5-3-4-12(20)8-14/h3-5,8-11,17H,6-7H2,1-2H3,(H,21,23). The molecule has 26 heavy (non-hydrogen) atoms. The lowest BCUT2D eigenvalue weighted by Gasteiger charge is -2.17. The molecule has 2 aromatic carbocycles. The van der Waals surface area contributed by atoms with Crippen LogP contribution in [0.1, 0.15) is 6.42 Å². The fourth-order valence-electron chi connectivity index (χ4n) is 2.93. The molecule has 0 aromatic heterocycles. The van der Waals surface area contributed by atoms with Gasteiger partial charge in [-0.3, -0.25) is 9.59 Å². The van der Waals surface area contributed by atoms with Crippen LogP contribution in [0.15, 0.2) is 46.9 Å². The van der Waals surface area contributed by atoms with E-state index in [9.17, 15) is 9.59 Å². The highest BCUT2D eigenvalue weighted by Crippen LogP contribution is 2.30. The van der Waals surface area contributed by atoms with E-state index in [0.717, 1.165) is 10.2 Å². The molecule has 1 atom stereocenters. The highest BCUT2D eigenvalue weighted by molar-refractivity contribution is 9.10. The van der Waals surface area contributed by atoms with Crippen molar-refractivity contribution in [3.63, 3.8) is 0 Å². The van der Waals surface area contributed by atoms with E-state index in [0.29, 0.717) is 30.2 Å². The molecule has 1 heterocycles. The minimum atomic E-state index is -0.717. The van der Waals surface area contributed by atoms with Crippen molar-refractivity contribution >= 4 is 39.1 Å². The number of methoxy groups -OCH3 is 2. The zero-order valence-corrected chi connectivity index (χ0v) is 16.1. The summed E-state index contributed by atoms with van der Waals surface area (Å²) >= 11 is 3.40. The van der Waals surface area contributed by atoms with Crippen molar-refractivity contribution in [2.75, 3.05) is 31.0 Å². The van der Waals surface area contributed by atoms with Gasteiger partial charge in [-0.15, -0.1) is 0 Å². The quantitative estimate of drug-likeness (QED) is 0.754. The van der Waals surface area contributed by atoms with Gasteiger partial charge in [0.1, 0.15) is 17.4 Å². The maximum absolute atomic E-state index is 12.7. The van der Waals surface area contributed by atoms with Crippen LogP contribution < -0.4 is 19.7 Å². The van der Waals surface area contributed by atoms with E-state index in [4.69, 9.17) is 9.47 Å². The Kier molecular flexibility index (Phi) is 5.46. The molecule has 1 fully saturated rings. The lowest BCUT2D eigenvalue weighted by atomic mass is 10.1. The summed E-state index contributed by atoms with van der Waals surface area (Å²) in [6.45, 7) is 0.509. The van der Waals surface area contributed by atoms with Crippen molar-refractivity contribution < 1.29 is 19.1 Å². The number of carbonyl (C=O) groups excluding carboxylic acids is 2. The Bertz CT molecular complexity index is 818. The number of hydrogen-bond donors (Lipinski definition) is 1. The molecule has 0 saturated carbocycles. The van der Waals surface area contributed by atoms with Gasteiger partial charge in [0.25, 0.3) is 0 Å². The molecule has 1 aliphatic heterocycles. The van der Waals surface area contributed by atoms with E-state index in [-0.39, 0.29) is 11.8 Å². The minimum absolute atomic E-state index is 0.199. The Balaban J connectivity index is 1.74. The van der Waals surface area contributed by atoms with Gasteiger partial charge in [-0.05, 0) is 24.6 Å². The third-order valence-corrected chi connectivity index (χ3v) is 4.75. The third-order valence-electron chi connectivity index (χ3n) is 4.26. The van der Waals surface area contributed by atoms with E-state index in [2.05, 4.69) is 21.2 Å². The Morgan fingerprint density at radius 2 is 1.85 bits per heavy atom. The first-order valence-electron chi connectivity index (χ1n) is 8.12. The number of hydrogen-bond acceptors (Lipinski definition) is 4. The van der Waals surface area contributed by atoms with Gasteiger partial charge in [0, 0.05) is 40.6 Å². The van der Waals surface area contributed by atoms with Gasteiger partial charge in [-0.2, -0.15) is 0 Å². The van der Waals surface area contributed by atoms with Crippen molar-refractivity contribution in [3.05, 3.63) is 46.9 Å². The number of carbonyl (C=O) groups is 2. The Morgan fingerprint density at radius 3 is 2.46 bits per heavy atom. The van der Waals surface area contributed by atoms with Crippen molar-refractivity contribution in [1.29, 1.82) is 0 Å². The summed E-state index contributed by atoms with van der Waals surface area (Å²) in [5, 5.41) is 2.79. The smallest absolute Gasteiger partial charge is 0.239 e. The summed E-state index contributed by atoms with van der Waals surface area (Å²) in [6, 6.07) is 12.6. The highest BCUT2D eigenvalue weighted by atomic mass is 79.9. The van der Waals surface area contributed by atoms with Gasteiger partial charge >= 0.3 is 0 Å². The second kappa shape index (κ2) is 7.78. The number of amides is 2. The molecule has 7 heteroatoms. The van der Waals surface area contributed by atoms with Crippen LogP contribution >= 0.6 is 15.9 Å². The number of nitrogens with one attached hydrogen (secondary N) is 1. The Labute approximate surface area is 160 Å². The van der Waals surface area contributed by atoms with Crippen LogP contribution in [0, 0.1) is 5.92 Å². The van der Waals surface area contributed by atoms with Crippen molar-refractivity contribution in [3.8, 4) is 11.5 Å². The third kappa shape index (κ3) is 3.83. The molecule has 1 unspecified atom stereocenters. The van der Waals surface area contributed by atoms with Gasteiger partial charge in [0.15, 0.2) is 0 Å².